The Bertz CT molecular complexity index is 1050. The molecular formula is C19H11BrF3N. The molecule has 1 nitrogen and oxygen atoms in total. The van der Waals surface area contributed by atoms with Gasteiger partial charge in [-0.2, -0.15) is 13.2 Å². The molecular weight excluding hydrogens is 379 g/mol. The number of hydrogen-bond acceptors (Lipinski definition) is 0. The number of rotatable bonds is 1. The third-order valence-electron chi connectivity index (χ3n) is 4.09. The van der Waals surface area contributed by atoms with E-state index in [-0.39, 0.29) is 0 Å². The molecule has 0 aliphatic heterocycles. The highest BCUT2D eigenvalue weighted by molar-refractivity contribution is 9.10. The van der Waals surface area contributed by atoms with Crippen molar-refractivity contribution < 1.29 is 13.2 Å². The summed E-state index contributed by atoms with van der Waals surface area (Å²) < 4.78 is 41.3. The van der Waals surface area contributed by atoms with Gasteiger partial charge in [-0.3, -0.25) is 0 Å². The van der Waals surface area contributed by atoms with E-state index in [0.717, 1.165) is 38.4 Å². The van der Waals surface area contributed by atoms with Gasteiger partial charge < -0.3 is 4.57 Å². The Morgan fingerprint density at radius 1 is 0.750 bits per heavy atom. The van der Waals surface area contributed by atoms with E-state index in [1.54, 1.807) is 0 Å². The number of fused-ring (bicyclic) bond motifs is 3. The quantitative estimate of drug-likeness (QED) is 0.347. The van der Waals surface area contributed by atoms with Crippen molar-refractivity contribution in [1.82, 2.24) is 4.57 Å². The van der Waals surface area contributed by atoms with Crippen LogP contribution in [0.25, 0.3) is 27.5 Å². The molecule has 0 unspecified atom stereocenters. The van der Waals surface area contributed by atoms with Crippen molar-refractivity contribution in [3.8, 4) is 5.69 Å². The Hall–Kier alpha value is -2.27. The monoisotopic (exact) mass is 389 g/mol. The van der Waals surface area contributed by atoms with Gasteiger partial charge in [-0.25, -0.2) is 0 Å². The summed E-state index contributed by atoms with van der Waals surface area (Å²) in [4.78, 5) is 0. The molecule has 0 saturated carbocycles. The Morgan fingerprint density at radius 2 is 1.42 bits per heavy atom. The Balaban J connectivity index is 2.01. The van der Waals surface area contributed by atoms with Crippen LogP contribution in [-0.2, 0) is 6.18 Å². The molecule has 24 heavy (non-hydrogen) atoms. The van der Waals surface area contributed by atoms with Crippen LogP contribution < -0.4 is 0 Å². The molecule has 0 saturated heterocycles. The van der Waals surface area contributed by atoms with Crippen LogP contribution in [0.1, 0.15) is 5.56 Å². The molecule has 0 fully saturated rings. The largest absolute Gasteiger partial charge is 0.416 e. The zero-order valence-corrected chi connectivity index (χ0v) is 13.9. The van der Waals surface area contributed by atoms with Crippen molar-refractivity contribution in [2.24, 2.45) is 0 Å². The number of aromatic nitrogens is 1. The summed E-state index contributed by atoms with van der Waals surface area (Å²) >= 11 is 3.48. The molecule has 0 radical (unpaired) electrons. The van der Waals surface area contributed by atoms with Crippen molar-refractivity contribution >= 4 is 37.7 Å². The molecule has 1 heterocycles. The van der Waals surface area contributed by atoms with Crippen LogP contribution in [0.3, 0.4) is 0 Å². The van der Waals surface area contributed by atoms with Crippen molar-refractivity contribution in [1.29, 1.82) is 0 Å². The lowest BCUT2D eigenvalue weighted by atomic mass is 10.2. The summed E-state index contributed by atoms with van der Waals surface area (Å²) in [7, 11) is 0. The van der Waals surface area contributed by atoms with Gasteiger partial charge in [-0.15, -0.1) is 0 Å². The van der Waals surface area contributed by atoms with Gasteiger partial charge in [0.15, 0.2) is 0 Å². The van der Waals surface area contributed by atoms with E-state index in [2.05, 4.69) is 15.9 Å². The average Bonchev–Trinajstić information content (AvgIpc) is 2.88. The maximum Gasteiger partial charge on any atom is 0.416 e. The smallest absolute Gasteiger partial charge is 0.309 e. The lowest BCUT2D eigenvalue weighted by Gasteiger charge is -2.10. The first-order valence-electron chi connectivity index (χ1n) is 7.31. The number of alkyl halides is 3. The van der Waals surface area contributed by atoms with Gasteiger partial charge in [-0.1, -0.05) is 34.1 Å². The summed E-state index contributed by atoms with van der Waals surface area (Å²) in [5.74, 6) is 0. The number of nitrogens with zero attached hydrogens (tertiary/aromatic N) is 1. The van der Waals surface area contributed by atoms with E-state index in [9.17, 15) is 13.2 Å². The van der Waals surface area contributed by atoms with Crippen LogP contribution in [-0.4, -0.2) is 4.57 Å². The predicted molar refractivity (Wildman–Crippen MR) is 93.5 cm³/mol. The topological polar surface area (TPSA) is 4.93 Å². The zero-order chi connectivity index (χ0) is 16.9. The Morgan fingerprint density at radius 3 is 2.12 bits per heavy atom. The van der Waals surface area contributed by atoms with Crippen molar-refractivity contribution in [2.45, 2.75) is 6.18 Å². The zero-order valence-electron chi connectivity index (χ0n) is 12.3. The van der Waals surface area contributed by atoms with Gasteiger partial charge >= 0.3 is 6.18 Å². The van der Waals surface area contributed by atoms with Crippen molar-refractivity contribution in [3.63, 3.8) is 0 Å². The summed E-state index contributed by atoms with van der Waals surface area (Å²) in [6.07, 6.45) is -4.33. The fourth-order valence-corrected chi connectivity index (χ4v) is 3.38. The second-order valence-corrected chi connectivity index (χ2v) is 6.47. The van der Waals surface area contributed by atoms with E-state index < -0.39 is 11.7 Å². The van der Waals surface area contributed by atoms with Crippen LogP contribution in [0.2, 0.25) is 0 Å². The van der Waals surface area contributed by atoms with E-state index in [0.29, 0.717) is 5.69 Å². The SMILES string of the molecule is FC(F)(F)c1ccc(-n2c3ccccc3c3cc(Br)ccc32)cc1. The van der Waals surface area contributed by atoms with Crippen molar-refractivity contribution in [3.05, 3.63) is 76.8 Å². The van der Waals surface area contributed by atoms with Crippen LogP contribution in [0.4, 0.5) is 13.2 Å². The fourth-order valence-electron chi connectivity index (χ4n) is 3.02. The molecule has 120 valence electrons. The Labute approximate surface area is 144 Å². The molecule has 0 aliphatic rings. The first-order valence-corrected chi connectivity index (χ1v) is 8.11. The molecule has 5 heteroatoms. The van der Waals surface area contributed by atoms with Crippen molar-refractivity contribution in [2.75, 3.05) is 0 Å². The van der Waals surface area contributed by atoms with Gasteiger partial charge in [0.05, 0.1) is 16.6 Å². The number of benzene rings is 3. The standard InChI is InChI=1S/C19H11BrF3N/c20-13-7-10-18-16(11-13)15-3-1-2-4-17(15)24(18)14-8-5-12(6-9-14)19(21,22)23/h1-11H. The Kier molecular flexibility index (Phi) is 3.42. The van der Waals surface area contributed by atoms with Crippen LogP contribution in [0, 0.1) is 0 Å². The number of para-hydroxylation sites is 1. The van der Waals surface area contributed by atoms with Crippen LogP contribution >= 0.6 is 15.9 Å². The number of halogens is 4. The molecule has 1 aromatic heterocycles. The van der Waals surface area contributed by atoms with Gasteiger partial charge in [0.1, 0.15) is 0 Å². The highest BCUT2D eigenvalue weighted by Crippen LogP contribution is 2.35. The minimum absolute atomic E-state index is 0.644. The first kappa shape index (κ1) is 15.3. The minimum atomic E-state index is -4.33. The third-order valence-corrected chi connectivity index (χ3v) is 4.58. The summed E-state index contributed by atoms with van der Waals surface area (Å²) in [6.45, 7) is 0. The van der Waals surface area contributed by atoms with E-state index in [4.69, 9.17) is 0 Å². The van der Waals surface area contributed by atoms with Gasteiger partial charge in [-0.05, 0) is 48.5 Å². The molecule has 4 rings (SSSR count). The lowest BCUT2D eigenvalue weighted by molar-refractivity contribution is -0.137. The second-order valence-electron chi connectivity index (χ2n) is 5.56. The summed E-state index contributed by atoms with van der Waals surface area (Å²) in [5.41, 5.74) is 1.98. The van der Waals surface area contributed by atoms with Crippen LogP contribution in [0.15, 0.2) is 71.2 Å². The second kappa shape index (κ2) is 5.38. The average molecular weight is 390 g/mol. The molecule has 4 aromatic rings. The molecule has 0 atom stereocenters. The molecule has 3 aromatic carbocycles. The first-order chi connectivity index (χ1) is 11.4. The highest BCUT2D eigenvalue weighted by Gasteiger charge is 2.30. The van der Waals surface area contributed by atoms with Crippen LogP contribution in [0.5, 0.6) is 0 Å². The predicted octanol–water partition coefficient (Wildman–Crippen LogP) is 6.57. The maximum atomic E-state index is 12.8. The molecule has 0 amide bonds. The molecule has 0 aliphatic carbocycles. The van der Waals surface area contributed by atoms with E-state index >= 15 is 0 Å². The lowest BCUT2D eigenvalue weighted by Crippen LogP contribution is -2.05. The number of hydrogen-bond donors (Lipinski definition) is 0. The van der Waals surface area contributed by atoms with Gasteiger partial charge in [0.25, 0.3) is 0 Å². The summed E-state index contributed by atoms with van der Waals surface area (Å²) in [5, 5.41) is 2.12. The fraction of sp³-hybridized carbons (Fsp3) is 0.0526. The van der Waals surface area contributed by atoms with E-state index in [1.165, 1.54) is 12.1 Å². The third kappa shape index (κ3) is 2.40. The van der Waals surface area contributed by atoms with Gasteiger partial charge in [0.2, 0.25) is 0 Å². The summed E-state index contributed by atoms with van der Waals surface area (Å²) in [6, 6.07) is 19.1. The highest BCUT2D eigenvalue weighted by atomic mass is 79.9. The normalized spacial score (nSPS) is 12.2. The van der Waals surface area contributed by atoms with Gasteiger partial charge in [0, 0.05) is 20.9 Å². The van der Waals surface area contributed by atoms with E-state index in [1.807, 2.05) is 47.0 Å². The molecule has 0 spiro atoms. The minimum Gasteiger partial charge on any atom is -0.309 e. The molecule has 0 bridgehead atoms. The molecule has 0 N–H and O–H groups in total. The maximum absolute atomic E-state index is 12.8.